The number of rotatable bonds is 11. The number of hydrogen-bond donors (Lipinski definition) is 0. The minimum Gasteiger partial charge on any atom is -0.494 e. The summed E-state index contributed by atoms with van der Waals surface area (Å²) in [5.74, 6) is 1.62. The van der Waals surface area contributed by atoms with E-state index in [2.05, 4.69) is 6.92 Å². The zero-order chi connectivity index (χ0) is 14.6. The van der Waals surface area contributed by atoms with Crippen molar-refractivity contribution in [3.8, 4) is 11.5 Å². The van der Waals surface area contributed by atoms with Crippen LogP contribution in [-0.4, -0.2) is 32.7 Å². The summed E-state index contributed by atoms with van der Waals surface area (Å²) in [6.07, 6.45) is 1.83. The third-order valence-corrected chi connectivity index (χ3v) is 2.67. The number of ether oxygens (including phenoxy) is 4. The lowest BCUT2D eigenvalue weighted by molar-refractivity contribution is -0.116. The molecule has 0 aliphatic carbocycles. The van der Waals surface area contributed by atoms with E-state index < -0.39 is 0 Å². The second-order valence-electron chi connectivity index (χ2n) is 4.34. The van der Waals surface area contributed by atoms with Gasteiger partial charge in [0.15, 0.2) is 0 Å². The molecule has 0 aliphatic rings. The molecule has 0 N–H and O–H groups in total. The number of hydrogen-bond acceptors (Lipinski definition) is 4. The van der Waals surface area contributed by atoms with Gasteiger partial charge in [0.2, 0.25) is 6.29 Å². The molecule has 0 saturated carbocycles. The van der Waals surface area contributed by atoms with Crippen molar-refractivity contribution in [3.63, 3.8) is 0 Å². The van der Waals surface area contributed by atoms with Gasteiger partial charge in [0, 0.05) is 13.2 Å². The van der Waals surface area contributed by atoms with Crippen LogP contribution >= 0.6 is 0 Å². The van der Waals surface area contributed by atoms with Crippen LogP contribution in [0.25, 0.3) is 0 Å². The summed E-state index contributed by atoms with van der Waals surface area (Å²) in [4.78, 5) is 0. The van der Waals surface area contributed by atoms with E-state index >= 15 is 0 Å². The molecule has 0 fully saturated rings. The van der Waals surface area contributed by atoms with Crippen molar-refractivity contribution in [2.24, 2.45) is 0 Å². The molecule has 20 heavy (non-hydrogen) atoms. The zero-order valence-electron chi connectivity index (χ0n) is 12.8. The van der Waals surface area contributed by atoms with E-state index in [1.54, 1.807) is 0 Å². The Morgan fingerprint density at radius 2 is 1.65 bits per heavy atom. The highest BCUT2D eigenvalue weighted by Crippen LogP contribution is 2.19. The topological polar surface area (TPSA) is 36.9 Å². The molecule has 4 heteroatoms. The second kappa shape index (κ2) is 10.5. The predicted octanol–water partition coefficient (Wildman–Crippen LogP) is 3.64. The van der Waals surface area contributed by atoms with Gasteiger partial charge in [0.25, 0.3) is 0 Å². The van der Waals surface area contributed by atoms with Gasteiger partial charge in [-0.05, 0) is 44.5 Å². The lowest BCUT2D eigenvalue weighted by Gasteiger charge is -2.18. The molecule has 0 bridgehead atoms. The molecule has 1 atom stereocenters. The Hall–Kier alpha value is -1.26. The normalized spacial score (nSPS) is 12.2. The first-order valence-corrected chi connectivity index (χ1v) is 7.39. The second-order valence-corrected chi connectivity index (χ2v) is 4.34. The summed E-state index contributed by atoms with van der Waals surface area (Å²) in [6, 6.07) is 7.60. The van der Waals surface area contributed by atoms with Crippen LogP contribution in [0.4, 0.5) is 0 Å². The Balaban J connectivity index is 2.45. The first-order chi connectivity index (χ1) is 9.80. The fourth-order valence-corrected chi connectivity index (χ4v) is 1.62. The molecule has 1 aromatic carbocycles. The van der Waals surface area contributed by atoms with Crippen LogP contribution in [0, 0.1) is 0 Å². The van der Waals surface area contributed by atoms with Crippen LogP contribution in [0.3, 0.4) is 0 Å². The Morgan fingerprint density at radius 3 is 2.25 bits per heavy atom. The highest BCUT2D eigenvalue weighted by Gasteiger charge is 2.10. The minimum absolute atomic E-state index is 0.369. The van der Waals surface area contributed by atoms with Crippen LogP contribution in [-0.2, 0) is 9.47 Å². The van der Waals surface area contributed by atoms with Crippen molar-refractivity contribution >= 4 is 0 Å². The van der Waals surface area contributed by atoms with Crippen LogP contribution in [0.5, 0.6) is 11.5 Å². The highest BCUT2D eigenvalue weighted by atomic mass is 16.7. The maximum absolute atomic E-state index is 5.73. The van der Waals surface area contributed by atoms with Gasteiger partial charge in [-0.3, -0.25) is 0 Å². The van der Waals surface area contributed by atoms with Crippen molar-refractivity contribution in [1.82, 2.24) is 0 Å². The van der Waals surface area contributed by atoms with E-state index in [4.69, 9.17) is 18.9 Å². The summed E-state index contributed by atoms with van der Waals surface area (Å²) in [6.45, 7) is 8.46. The molecule has 0 aliphatic heterocycles. The maximum Gasteiger partial charge on any atom is 0.223 e. The monoisotopic (exact) mass is 282 g/mol. The van der Waals surface area contributed by atoms with Crippen molar-refractivity contribution in [3.05, 3.63) is 24.3 Å². The first kappa shape index (κ1) is 16.8. The molecule has 0 radical (unpaired) electrons. The molecule has 0 spiro atoms. The van der Waals surface area contributed by atoms with Crippen LogP contribution in [0.1, 0.15) is 33.6 Å². The van der Waals surface area contributed by atoms with Crippen molar-refractivity contribution in [1.29, 1.82) is 0 Å². The van der Waals surface area contributed by atoms with E-state index in [1.165, 1.54) is 0 Å². The number of benzene rings is 1. The first-order valence-electron chi connectivity index (χ1n) is 7.39. The molecule has 4 nitrogen and oxygen atoms in total. The Kier molecular flexibility index (Phi) is 8.83. The molecule has 114 valence electrons. The third kappa shape index (κ3) is 6.78. The van der Waals surface area contributed by atoms with E-state index in [0.717, 1.165) is 30.9 Å². The molecule has 0 heterocycles. The largest absolute Gasteiger partial charge is 0.494 e. The molecular weight excluding hydrogens is 256 g/mol. The van der Waals surface area contributed by atoms with Gasteiger partial charge in [-0.2, -0.15) is 0 Å². The van der Waals surface area contributed by atoms with Crippen molar-refractivity contribution in [2.45, 2.75) is 39.9 Å². The van der Waals surface area contributed by atoms with Crippen molar-refractivity contribution < 1.29 is 18.9 Å². The molecular formula is C16H26O4. The standard InChI is InChI=1S/C16H26O4/c1-4-7-12-19-14-8-10-15(11-9-14)20-16(18-6-3)13-17-5-2/h8-11,16H,4-7,12-13H2,1-3H3. The molecule has 0 saturated heterocycles. The molecule has 0 amide bonds. The van der Waals surface area contributed by atoms with Gasteiger partial charge < -0.3 is 18.9 Å². The predicted molar refractivity (Wildman–Crippen MR) is 79.4 cm³/mol. The Morgan fingerprint density at radius 1 is 0.950 bits per heavy atom. The molecule has 1 aromatic rings. The SMILES string of the molecule is CCCCOc1ccc(OC(COCC)OCC)cc1. The van der Waals surface area contributed by atoms with Gasteiger partial charge in [-0.25, -0.2) is 0 Å². The van der Waals surface area contributed by atoms with E-state index in [0.29, 0.717) is 19.8 Å². The van der Waals surface area contributed by atoms with Gasteiger partial charge in [0.1, 0.15) is 18.1 Å². The molecule has 1 unspecified atom stereocenters. The van der Waals surface area contributed by atoms with Gasteiger partial charge in [0.05, 0.1) is 6.61 Å². The fourth-order valence-electron chi connectivity index (χ4n) is 1.62. The zero-order valence-corrected chi connectivity index (χ0v) is 12.8. The Bertz CT molecular complexity index is 337. The summed E-state index contributed by atoms with van der Waals surface area (Å²) >= 11 is 0. The van der Waals surface area contributed by atoms with Gasteiger partial charge in [-0.15, -0.1) is 0 Å². The average molecular weight is 282 g/mol. The summed E-state index contributed by atoms with van der Waals surface area (Å²) < 4.78 is 22.2. The van der Waals surface area contributed by atoms with Crippen LogP contribution in [0.15, 0.2) is 24.3 Å². The summed E-state index contributed by atoms with van der Waals surface area (Å²) in [7, 11) is 0. The van der Waals surface area contributed by atoms with Gasteiger partial charge in [-0.1, -0.05) is 13.3 Å². The quantitative estimate of drug-likeness (QED) is 0.458. The van der Waals surface area contributed by atoms with Crippen LogP contribution < -0.4 is 9.47 Å². The Labute approximate surface area is 122 Å². The summed E-state index contributed by atoms with van der Waals surface area (Å²) in [5.41, 5.74) is 0. The number of unbranched alkanes of at least 4 members (excludes halogenated alkanes) is 1. The fraction of sp³-hybridized carbons (Fsp3) is 0.625. The van der Waals surface area contributed by atoms with Crippen LogP contribution in [0.2, 0.25) is 0 Å². The van der Waals surface area contributed by atoms with E-state index in [-0.39, 0.29) is 6.29 Å². The third-order valence-electron chi connectivity index (χ3n) is 2.67. The smallest absolute Gasteiger partial charge is 0.223 e. The van der Waals surface area contributed by atoms with E-state index in [9.17, 15) is 0 Å². The average Bonchev–Trinajstić information content (AvgIpc) is 2.47. The van der Waals surface area contributed by atoms with E-state index in [1.807, 2.05) is 38.1 Å². The maximum atomic E-state index is 5.73. The minimum atomic E-state index is -0.369. The van der Waals surface area contributed by atoms with Crippen molar-refractivity contribution in [2.75, 3.05) is 26.4 Å². The molecule has 0 aromatic heterocycles. The highest BCUT2D eigenvalue weighted by molar-refractivity contribution is 5.31. The lowest BCUT2D eigenvalue weighted by atomic mass is 10.3. The van der Waals surface area contributed by atoms with Gasteiger partial charge >= 0.3 is 0 Å². The lowest BCUT2D eigenvalue weighted by Crippen LogP contribution is -2.26. The summed E-state index contributed by atoms with van der Waals surface area (Å²) in [5, 5.41) is 0. The molecule has 1 rings (SSSR count).